The Kier molecular flexibility index (Phi) is 6.23. The van der Waals surface area contributed by atoms with Crippen molar-refractivity contribution >= 4 is 52.6 Å². The summed E-state index contributed by atoms with van der Waals surface area (Å²) >= 11 is 17.5. The Morgan fingerprint density at radius 2 is 1.83 bits per heavy atom. The molecule has 1 N–H and O–H groups in total. The number of fused-ring (bicyclic) bond motifs is 1. The van der Waals surface area contributed by atoms with E-state index in [1.807, 2.05) is 27.7 Å². The van der Waals surface area contributed by atoms with Crippen molar-refractivity contribution in [1.82, 2.24) is 0 Å². The monoisotopic (exact) mass is 467 g/mol. The maximum absolute atomic E-state index is 11.5. The van der Waals surface area contributed by atoms with Gasteiger partial charge in [0.25, 0.3) is 0 Å². The van der Waals surface area contributed by atoms with E-state index < -0.39 is 5.72 Å². The smallest absolute Gasteiger partial charge is 0.308 e. The molecule has 0 saturated heterocycles. The van der Waals surface area contributed by atoms with Gasteiger partial charge in [-0.2, -0.15) is 0 Å². The average Bonchev–Trinajstić information content (AvgIpc) is 2.67. The molecular weight excluding hydrogens is 445 g/mol. The highest BCUT2D eigenvalue weighted by atomic mass is 35.5. The first-order valence-electron chi connectivity index (χ1n) is 9.43. The number of carbonyl (C=O) groups is 1. The number of esters is 1. The number of rotatable bonds is 4. The Hall–Kier alpha value is -2.02. The van der Waals surface area contributed by atoms with Crippen molar-refractivity contribution in [2.75, 3.05) is 4.90 Å². The molecule has 0 spiro atoms. The number of aromatic hydroxyl groups is 1. The van der Waals surface area contributed by atoms with Crippen LogP contribution in [0.1, 0.15) is 42.5 Å². The van der Waals surface area contributed by atoms with Crippen molar-refractivity contribution in [2.45, 2.75) is 53.2 Å². The van der Waals surface area contributed by atoms with Gasteiger partial charge >= 0.3 is 5.97 Å². The van der Waals surface area contributed by atoms with Gasteiger partial charge in [0.15, 0.2) is 11.5 Å². The maximum Gasteiger partial charge on any atom is 0.308 e. The molecule has 8 heteroatoms. The standard InChI is InChI=1S/C22H23Cl2NO4S/c1-11-12(2)21-16(13(3)20(11)28-14(4)26)6-7-22(5,29-21)25(10-30)15-8-17(23)19(27)18(24)9-15/h8-10,27H,6-7H2,1-5H3. The van der Waals surface area contributed by atoms with Gasteiger partial charge in [-0.25, -0.2) is 0 Å². The molecule has 160 valence electrons. The lowest BCUT2D eigenvalue weighted by molar-refractivity contribution is -0.132. The number of phenols is 1. The molecule has 1 aliphatic heterocycles. The van der Waals surface area contributed by atoms with Gasteiger partial charge in [-0.1, -0.05) is 35.4 Å². The number of anilines is 1. The summed E-state index contributed by atoms with van der Waals surface area (Å²) in [5.74, 6) is 0.823. The van der Waals surface area contributed by atoms with Crippen LogP contribution in [0.4, 0.5) is 5.69 Å². The first kappa shape index (κ1) is 22.7. The lowest BCUT2D eigenvalue weighted by atomic mass is 9.89. The number of ether oxygens (including phenoxy) is 2. The number of carbonyl (C=O) groups excluding carboxylic acids is 1. The summed E-state index contributed by atoms with van der Waals surface area (Å²) < 4.78 is 12.0. The first-order valence-corrected chi connectivity index (χ1v) is 10.7. The summed E-state index contributed by atoms with van der Waals surface area (Å²) in [5.41, 5.74) is 4.98. The Morgan fingerprint density at radius 3 is 2.37 bits per heavy atom. The maximum atomic E-state index is 11.5. The van der Waals surface area contributed by atoms with Crippen molar-refractivity contribution in [3.05, 3.63) is 44.4 Å². The number of halogens is 2. The Balaban J connectivity index is 2.08. The van der Waals surface area contributed by atoms with Gasteiger partial charge < -0.3 is 14.6 Å². The molecule has 2 aromatic rings. The fraction of sp³-hybridized carbons (Fsp3) is 0.364. The van der Waals surface area contributed by atoms with Crippen LogP contribution in [0.3, 0.4) is 0 Å². The minimum atomic E-state index is -0.801. The number of benzene rings is 2. The predicted molar refractivity (Wildman–Crippen MR) is 124 cm³/mol. The number of phenolic OH excluding ortho intramolecular Hbond substituents is 1. The van der Waals surface area contributed by atoms with E-state index in [9.17, 15) is 9.90 Å². The second-order valence-electron chi connectivity index (χ2n) is 7.62. The van der Waals surface area contributed by atoms with Crippen LogP contribution in [-0.4, -0.2) is 22.3 Å². The van der Waals surface area contributed by atoms with E-state index in [0.29, 0.717) is 24.3 Å². The molecule has 0 fully saturated rings. The Labute approximate surface area is 191 Å². The normalized spacial score (nSPS) is 17.7. The Bertz CT molecular complexity index is 1030. The van der Waals surface area contributed by atoms with Crippen LogP contribution < -0.4 is 14.4 Å². The van der Waals surface area contributed by atoms with Crippen molar-refractivity contribution in [3.8, 4) is 17.2 Å². The topological polar surface area (TPSA) is 59.0 Å². The van der Waals surface area contributed by atoms with Crippen molar-refractivity contribution in [1.29, 1.82) is 0 Å². The van der Waals surface area contributed by atoms with Crippen LogP contribution in [0.5, 0.6) is 17.2 Å². The third-order valence-corrected chi connectivity index (χ3v) is 6.40. The van der Waals surface area contributed by atoms with E-state index in [4.69, 9.17) is 44.9 Å². The summed E-state index contributed by atoms with van der Waals surface area (Å²) in [4.78, 5) is 13.3. The molecule has 0 bridgehead atoms. The molecule has 0 radical (unpaired) electrons. The van der Waals surface area contributed by atoms with Crippen molar-refractivity contribution in [3.63, 3.8) is 0 Å². The number of hydrogen-bond donors (Lipinski definition) is 1. The predicted octanol–water partition coefficient (Wildman–Crippen LogP) is 6.05. The number of hydrogen-bond acceptors (Lipinski definition) is 5. The minimum absolute atomic E-state index is 0.132. The lowest BCUT2D eigenvalue weighted by Gasteiger charge is -2.44. The van der Waals surface area contributed by atoms with Gasteiger partial charge in [-0.05, 0) is 62.9 Å². The molecule has 2 aromatic carbocycles. The summed E-state index contributed by atoms with van der Waals surface area (Å²) in [6, 6.07) is 3.20. The SMILES string of the molecule is CC(=O)Oc1c(C)c(C)c2c(c1C)CCC(C)(N(C=S)c1cc(Cl)c(O)c(Cl)c1)O2. The third kappa shape index (κ3) is 3.84. The van der Waals surface area contributed by atoms with Gasteiger partial charge in [0, 0.05) is 24.6 Å². The fourth-order valence-electron chi connectivity index (χ4n) is 3.83. The highest BCUT2D eigenvalue weighted by Gasteiger charge is 2.39. The van der Waals surface area contributed by atoms with Gasteiger partial charge in [0.2, 0.25) is 0 Å². The first-order chi connectivity index (χ1) is 14.0. The van der Waals surface area contributed by atoms with E-state index in [1.165, 1.54) is 12.4 Å². The second kappa shape index (κ2) is 8.25. The van der Waals surface area contributed by atoms with Gasteiger partial charge in [0.1, 0.15) is 11.5 Å². The zero-order valence-electron chi connectivity index (χ0n) is 17.4. The minimum Gasteiger partial charge on any atom is -0.505 e. The molecular formula is C22H23Cl2NO4S. The molecule has 0 saturated carbocycles. The molecule has 1 unspecified atom stereocenters. The average molecular weight is 468 g/mol. The van der Waals surface area contributed by atoms with Crippen LogP contribution in [0, 0.1) is 20.8 Å². The van der Waals surface area contributed by atoms with Gasteiger partial charge in [-0.15, -0.1) is 0 Å². The Morgan fingerprint density at radius 1 is 1.23 bits per heavy atom. The summed E-state index contributed by atoms with van der Waals surface area (Å²) in [7, 11) is 0. The third-order valence-electron chi connectivity index (χ3n) is 5.61. The van der Waals surface area contributed by atoms with Crippen LogP contribution in [0.25, 0.3) is 0 Å². The van der Waals surface area contributed by atoms with E-state index in [-0.39, 0.29) is 21.8 Å². The van der Waals surface area contributed by atoms with E-state index >= 15 is 0 Å². The van der Waals surface area contributed by atoms with Gasteiger partial charge in [0.05, 0.1) is 15.5 Å². The molecule has 5 nitrogen and oxygen atoms in total. The summed E-state index contributed by atoms with van der Waals surface area (Å²) in [6.07, 6.45) is 1.32. The van der Waals surface area contributed by atoms with E-state index in [2.05, 4.69) is 0 Å². The van der Waals surface area contributed by atoms with Crippen LogP contribution in [0.2, 0.25) is 10.0 Å². The molecule has 1 heterocycles. The number of nitrogens with zero attached hydrogens (tertiary/aromatic N) is 1. The van der Waals surface area contributed by atoms with E-state index in [0.717, 1.165) is 28.0 Å². The molecule has 1 aliphatic rings. The van der Waals surface area contributed by atoms with Crippen LogP contribution >= 0.6 is 35.4 Å². The quantitative estimate of drug-likeness (QED) is 0.335. The lowest BCUT2D eigenvalue weighted by Crippen LogP contribution is -2.52. The molecule has 0 amide bonds. The van der Waals surface area contributed by atoms with Crippen LogP contribution in [0.15, 0.2) is 12.1 Å². The molecule has 1 atom stereocenters. The highest BCUT2D eigenvalue weighted by Crippen LogP contribution is 2.46. The van der Waals surface area contributed by atoms with Crippen molar-refractivity contribution < 1.29 is 19.4 Å². The van der Waals surface area contributed by atoms with E-state index in [1.54, 1.807) is 17.0 Å². The number of thiocarbonyl (C=S) groups is 1. The zero-order chi connectivity index (χ0) is 22.4. The molecule has 0 aliphatic carbocycles. The summed E-state index contributed by atoms with van der Waals surface area (Å²) in [5, 5.41) is 10.2. The largest absolute Gasteiger partial charge is 0.505 e. The van der Waals surface area contributed by atoms with Crippen LogP contribution in [-0.2, 0) is 11.2 Å². The highest BCUT2D eigenvalue weighted by molar-refractivity contribution is 7.79. The van der Waals surface area contributed by atoms with Gasteiger partial charge in [-0.3, -0.25) is 9.69 Å². The summed E-state index contributed by atoms with van der Waals surface area (Å²) in [6.45, 7) is 9.13. The molecule has 0 aromatic heterocycles. The fourth-order valence-corrected chi connectivity index (χ4v) is 4.65. The van der Waals surface area contributed by atoms with Crippen molar-refractivity contribution in [2.24, 2.45) is 0 Å². The molecule has 3 rings (SSSR count). The zero-order valence-corrected chi connectivity index (χ0v) is 19.8. The molecule has 30 heavy (non-hydrogen) atoms. The second-order valence-corrected chi connectivity index (χ2v) is 8.64.